The number of alkyl halides is 2. The van der Waals surface area contributed by atoms with Gasteiger partial charge in [0.2, 0.25) is 31.9 Å². The van der Waals surface area contributed by atoms with E-state index in [9.17, 15) is 26.9 Å². The fourth-order valence-electron chi connectivity index (χ4n) is 9.19. The third-order valence-electron chi connectivity index (χ3n) is 13.1. The molecular formula is C54H58BI2N10O8S2-. The van der Waals surface area contributed by atoms with Crippen molar-refractivity contribution in [1.29, 1.82) is 0 Å². The molecular weight excluding hydrogens is 1250 g/mol. The molecule has 2 saturated carbocycles. The molecule has 0 saturated heterocycles. The summed E-state index contributed by atoms with van der Waals surface area (Å²) in [5, 5.41) is 27.7. The summed E-state index contributed by atoms with van der Waals surface area (Å²) in [6.45, 7) is 13.7. The van der Waals surface area contributed by atoms with Gasteiger partial charge in [0.05, 0.1) is 49.5 Å². The first-order valence-corrected chi connectivity index (χ1v) is 32.8. The minimum absolute atomic E-state index is 0.218. The Morgan fingerprint density at radius 2 is 1.17 bits per heavy atom. The van der Waals surface area contributed by atoms with E-state index >= 15 is 0 Å². The number of aromatic amines is 2. The molecule has 0 radical (unpaired) electrons. The molecule has 0 bridgehead atoms. The van der Waals surface area contributed by atoms with Crippen LogP contribution >= 0.6 is 22.6 Å². The minimum Gasteiger partial charge on any atom is -0.423 e. The number of imidazole rings is 2. The minimum atomic E-state index is -3.45. The number of aromatic nitrogens is 8. The van der Waals surface area contributed by atoms with Crippen LogP contribution in [0.4, 0.5) is 11.9 Å². The molecule has 2 aliphatic carbocycles. The number of benzene rings is 4. The van der Waals surface area contributed by atoms with Gasteiger partial charge in [-0.15, -0.1) is 0 Å². The first kappa shape index (κ1) is 55.7. The van der Waals surface area contributed by atoms with Crippen molar-refractivity contribution < 1.29 is 57.1 Å². The molecule has 6 N–H and O–H groups in total. The number of rotatable bonds is 12. The molecule has 2 fully saturated rings. The number of H-pyrrole nitrogens is 2. The number of halogens is 2. The molecule has 6 heterocycles. The van der Waals surface area contributed by atoms with E-state index in [1.807, 2.05) is 95.3 Å². The van der Waals surface area contributed by atoms with E-state index in [1.165, 1.54) is 10.8 Å². The molecule has 0 spiro atoms. The zero-order valence-corrected chi connectivity index (χ0v) is 49.6. The van der Waals surface area contributed by atoms with Crippen molar-refractivity contribution in [3.05, 3.63) is 123 Å². The third kappa shape index (κ3) is 12.3. The van der Waals surface area contributed by atoms with Gasteiger partial charge < -0.3 is 29.1 Å². The molecule has 4 aromatic carbocycles. The van der Waals surface area contributed by atoms with Gasteiger partial charge in [0, 0.05) is 43.4 Å². The fourth-order valence-corrected chi connectivity index (χ4v) is 13.6. The van der Waals surface area contributed by atoms with E-state index in [0.717, 1.165) is 104 Å². The molecule has 402 valence electrons. The summed E-state index contributed by atoms with van der Waals surface area (Å²) in [6, 6.07) is 23.3. The molecule has 12 rings (SSSR count). The number of nitrogens with one attached hydrogen (secondary N) is 4. The Kier molecular flexibility index (Phi) is 16.8. The van der Waals surface area contributed by atoms with Crippen molar-refractivity contribution in [2.45, 2.75) is 91.1 Å². The van der Waals surface area contributed by atoms with Crippen molar-refractivity contribution in [3.8, 4) is 33.4 Å². The van der Waals surface area contributed by atoms with Crippen LogP contribution in [0.3, 0.4) is 0 Å². The average Bonchev–Trinajstić information content (AvgIpc) is 4.31. The number of sulfonamides is 2. The Hall–Kier alpha value is -6.00. The second kappa shape index (κ2) is 23.1. The number of pyridine rings is 2. The molecule has 0 aliphatic heterocycles. The van der Waals surface area contributed by atoms with Gasteiger partial charge in [0.1, 0.15) is 17.0 Å². The van der Waals surface area contributed by atoms with E-state index in [4.69, 9.17) is 14.0 Å². The van der Waals surface area contributed by atoms with Crippen molar-refractivity contribution in [2.24, 2.45) is 0 Å². The number of nitrogens with zero attached hydrogens (tertiary/aromatic N) is 6. The smallest absolute Gasteiger partial charge is 0.423 e. The van der Waals surface area contributed by atoms with E-state index in [2.05, 4.69) is 92.1 Å². The van der Waals surface area contributed by atoms with Crippen molar-refractivity contribution in [1.82, 2.24) is 40.2 Å². The van der Waals surface area contributed by atoms with E-state index < -0.39 is 27.2 Å². The number of anilines is 2. The summed E-state index contributed by atoms with van der Waals surface area (Å²) in [7, 11) is -8.23. The third-order valence-corrected chi connectivity index (χ3v) is 19.8. The number of hydrogen-bond donors (Lipinski definition) is 6. The topological polar surface area (TPSA) is 268 Å². The molecule has 23 heteroatoms. The standard InChI is InChI=1S/C25H23N5O3S.C15H15IN4O3S.C10H10BNO2.C4H10I/c1-13-6-9-20-18(5-4-10-26-20)22(13)19-11-16(23-14(2)29-33-15(23)3)12-21-24(19)28-25(27-21)30-34(31,32)17-7-8-17;1-7-13(8(2)23-19-7)9-5-11(16)14-12(6-9)17-15(18-14)20-24(21,22)10-3-4-10;1-7-4-5-9-8(3-2-6-12-9)10(7)11(13)14;1-3-4-5-2/h4-6,9-12,17H,7-8H2,1-3H3,(H2,27,28,30);5-6,10H,3-4H2,1-2H3,(H2,17,18,20);2-6,13-14H,1H3;3-4H2,1-2H3/q;;;-1. The number of aryl methyl sites for hydroxylation is 6. The first-order valence-electron chi connectivity index (χ1n) is 24.9. The van der Waals surface area contributed by atoms with Crippen molar-refractivity contribution >= 4 is 111 Å². The van der Waals surface area contributed by atoms with E-state index in [-0.39, 0.29) is 22.4 Å². The molecule has 0 atom stereocenters. The normalized spacial score (nSPS) is 13.5. The van der Waals surface area contributed by atoms with Gasteiger partial charge in [-0.05, 0) is 166 Å². The van der Waals surface area contributed by atoms with Crippen LogP contribution in [0, 0.1) is 45.1 Å². The van der Waals surface area contributed by atoms with Crippen molar-refractivity contribution in [2.75, 3.05) is 18.8 Å². The van der Waals surface area contributed by atoms with Crippen LogP contribution in [0.5, 0.6) is 0 Å². The van der Waals surface area contributed by atoms with Gasteiger partial charge >= 0.3 is 51.0 Å². The molecule has 77 heavy (non-hydrogen) atoms. The SMILES string of the molecule is CCC[I-]C.Cc1ccc2ncccc2c1-c1cc(-c2c(C)noc2C)cc2[nH]c(NS(=O)(=O)C3CC3)nc12.Cc1ccc2ncccc2c1B(O)O.Cc1noc(C)c1-c1cc(I)c2nc(NS(=O)(=O)C3CC3)[nH]c2c1. The second-order valence-corrected chi connectivity index (χ2v) is 26.7. The second-order valence-electron chi connectivity index (χ2n) is 19.1. The molecule has 10 aromatic rings. The maximum absolute atomic E-state index is 12.6. The number of fused-ring (bicyclic) bond motifs is 4. The summed E-state index contributed by atoms with van der Waals surface area (Å²) < 4.78 is 67.6. The van der Waals surface area contributed by atoms with Crippen LogP contribution in [-0.4, -0.2) is 94.1 Å². The van der Waals surface area contributed by atoms with Crippen LogP contribution in [0.25, 0.3) is 77.3 Å². The maximum Gasteiger partial charge on any atom is 0.489 e. The van der Waals surface area contributed by atoms with Crippen LogP contribution in [-0.2, 0) is 20.0 Å². The van der Waals surface area contributed by atoms with Gasteiger partial charge in [-0.3, -0.25) is 19.4 Å². The summed E-state index contributed by atoms with van der Waals surface area (Å²) in [5.41, 5.74) is 14.3. The molecule has 0 unspecified atom stereocenters. The summed E-state index contributed by atoms with van der Waals surface area (Å²) >= 11 is 2.80. The van der Waals surface area contributed by atoms with Crippen LogP contribution in [0.15, 0.2) is 94.2 Å². The largest absolute Gasteiger partial charge is 0.489 e. The monoisotopic (exact) mass is 1300 g/mol. The Morgan fingerprint density at radius 3 is 1.65 bits per heavy atom. The Bertz CT molecular complexity index is 4000. The Labute approximate surface area is 470 Å². The van der Waals surface area contributed by atoms with E-state index in [0.29, 0.717) is 63.6 Å². The zero-order valence-electron chi connectivity index (χ0n) is 43.7. The zero-order chi connectivity index (χ0) is 54.9. The quantitative estimate of drug-likeness (QED) is 0.0411. The van der Waals surface area contributed by atoms with Crippen LogP contribution in [0.2, 0.25) is 0 Å². The average molecular weight is 1300 g/mol. The Morgan fingerprint density at radius 1 is 0.675 bits per heavy atom. The number of hydrogen-bond acceptors (Lipinski definition) is 14. The fraction of sp³-hybridized carbons (Fsp3) is 0.296. The molecule has 2 aliphatic rings. The van der Waals surface area contributed by atoms with Gasteiger partial charge in [-0.1, -0.05) is 40.1 Å². The molecule has 6 aromatic heterocycles. The van der Waals surface area contributed by atoms with Crippen molar-refractivity contribution in [3.63, 3.8) is 0 Å². The van der Waals surface area contributed by atoms with Crippen LogP contribution in [0.1, 0.15) is 73.1 Å². The van der Waals surface area contributed by atoms with Gasteiger partial charge in [0.25, 0.3) is 0 Å². The van der Waals surface area contributed by atoms with Crippen LogP contribution < -0.4 is 36.1 Å². The summed E-state index contributed by atoms with van der Waals surface area (Å²) in [4.78, 5) is 26.3. The van der Waals surface area contributed by atoms with Gasteiger partial charge in [-0.2, -0.15) is 0 Å². The van der Waals surface area contributed by atoms with E-state index in [1.54, 1.807) is 18.5 Å². The maximum atomic E-state index is 12.6. The van der Waals surface area contributed by atoms with Gasteiger partial charge in [0.15, 0.2) is 0 Å². The predicted molar refractivity (Wildman–Crippen MR) is 309 cm³/mol. The summed E-state index contributed by atoms with van der Waals surface area (Å²) in [6.07, 6.45) is 7.64. The molecule has 18 nitrogen and oxygen atoms in total. The first-order chi connectivity index (χ1) is 36.8. The predicted octanol–water partition coefficient (Wildman–Crippen LogP) is 6.94. The molecule has 0 amide bonds. The van der Waals surface area contributed by atoms with Gasteiger partial charge in [-0.25, -0.2) is 26.8 Å². The Balaban J connectivity index is 0.000000145. The summed E-state index contributed by atoms with van der Waals surface area (Å²) in [5.74, 6) is 1.94.